The van der Waals surface area contributed by atoms with Gasteiger partial charge in [-0.2, -0.15) is 5.10 Å². The number of carbonyl (C=O) groups excluding carboxylic acids is 1. The lowest BCUT2D eigenvalue weighted by Gasteiger charge is -2.25. The number of nitrogens with zero attached hydrogens (tertiary/aromatic N) is 2. The van der Waals surface area contributed by atoms with E-state index in [1.54, 1.807) is 30.3 Å². The van der Waals surface area contributed by atoms with Gasteiger partial charge in [-0.05, 0) is 67.1 Å². The number of nitrogens with one attached hydrogen (secondary N) is 1. The quantitative estimate of drug-likeness (QED) is 0.261. The van der Waals surface area contributed by atoms with E-state index in [4.69, 9.17) is 30.5 Å². The van der Waals surface area contributed by atoms with Gasteiger partial charge in [0.05, 0.1) is 44.7 Å². The number of hydrogen-bond donors (Lipinski definition) is 1. The number of sulfonamides is 1. The van der Waals surface area contributed by atoms with E-state index in [0.29, 0.717) is 23.7 Å². The summed E-state index contributed by atoms with van der Waals surface area (Å²) in [6, 6.07) is 15.7. The number of methoxy groups -OCH3 is 3. The first kappa shape index (κ1) is 28.6. The third kappa shape index (κ3) is 6.87. The Morgan fingerprint density at radius 2 is 1.61 bits per heavy atom. The Morgan fingerprint density at radius 3 is 2.24 bits per heavy atom. The number of hydrazone groups is 1. The van der Waals surface area contributed by atoms with Crippen molar-refractivity contribution in [2.75, 3.05) is 38.8 Å². The molecule has 0 heterocycles. The smallest absolute Gasteiger partial charge is 0.265 e. The average molecular weight is 562 g/mol. The zero-order chi connectivity index (χ0) is 27.7. The fourth-order valence-corrected chi connectivity index (χ4v) is 5.03. The normalized spacial score (nSPS) is 11.2. The van der Waals surface area contributed by atoms with Gasteiger partial charge in [0.15, 0.2) is 11.5 Å². The minimum atomic E-state index is -4.31. The van der Waals surface area contributed by atoms with Crippen LogP contribution in [-0.4, -0.2) is 55.0 Å². The highest BCUT2D eigenvalue weighted by Crippen LogP contribution is 2.36. The Balaban J connectivity index is 1.92. The van der Waals surface area contributed by atoms with Gasteiger partial charge in [-0.3, -0.25) is 9.10 Å². The highest BCUT2D eigenvalue weighted by atomic mass is 35.5. The van der Waals surface area contributed by atoms with Crippen molar-refractivity contribution in [3.05, 3.63) is 71.2 Å². The Bertz CT molecular complexity index is 1400. The van der Waals surface area contributed by atoms with Crippen molar-refractivity contribution in [2.24, 2.45) is 5.10 Å². The molecule has 202 valence electrons. The Morgan fingerprint density at radius 1 is 0.947 bits per heavy atom. The van der Waals surface area contributed by atoms with Gasteiger partial charge in [-0.1, -0.05) is 11.6 Å². The molecule has 12 heteroatoms. The number of anilines is 1. The fraction of sp³-hybridized carbons (Fsp3) is 0.231. The van der Waals surface area contributed by atoms with Gasteiger partial charge >= 0.3 is 0 Å². The molecule has 0 aromatic heterocycles. The Labute approximate surface area is 226 Å². The lowest BCUT2D eigenvalue weighted by Crippen LogP contribution is -2.39. The van der Waals surface area contributed by atoms with Crippen LogP contribution in [0.1, 0.15) is 12.5 Å². The van der Waals surface area contributed by atoms with E-state index in [1.165, 1.54) is 57.9 Å². The van der Waals surface area contributed by atoms with Gasteiger partial charge in [0, 0.05) is 11.1 Å². The molecule has 10 nitrogen and oxygen atoms in total. The molecule has 1 amide bonds. The maximum absolute atomic E-state index is 13.8. The molecule has 3 aromatic rings. The number of rotatable bonds is 12. The number of amides is 1. The Hall–Kier alpha value is -3.96. The summed E-state index contributed by atoms with van der Waals surface area (Å²) in [5.74, 6) is 0.762. The second-order valence-electron chi connectivity index (χ2n) is 7.64. The summed E-state index contributed by atoms with van der Waals surface area (Å²) < 4.78 is 49.7. The van der Waals surface area contributed by atoms with Crippen LogP contribution in [0, 0.1) is 0 Å². The van der Waals surface area contributed by atoms with Crippen LogP contribution in [0.3, 0.4) is 0 Å². The zero-order valence-electron chi connectivity index (χ0n) is 21.3. The predicted octanol–water partition coefficient (Wildman–Crippen LogP) is 4.11. The molecule has 0 atom stereocenters. The van der Waals surface area contributed by atoms with Crippen LogP contribution < -0.4 is 28.7 Å². The second-order valence-corrected chi connectivity index (χ2v) is 9.94. The number of ether oxygens (including phenoxy) is 4. The van der Waals surface area contributed by atoms with Crippen LogP contribution in [0.4, 0.5) is 5.69 Å². The second kappa shape index (κ2) is 13.0. The fourth-order valence-electron chi connectivity index (χ4n) is 3.42. The molecular formula is C26H28ClN3O7S. The number of hydrogen-bond acceptors (Lipinski definition) is 8. The number of halogens is 1. The predicted molar refractivity (Wildman–Crippen MR) is 145 cm³/mol. The lowest BCUT2D eigenvalue weighted by molar-refractivity contribution is -0.119. The SMILES string of the molecule is CCOc1ccc(/C=N/NC(=O)CN(c2cc(Cl)ccc2OC)S(=O)(=O)c2ccc(OC)c(OC)c2)cc1. The monoisotopic (exact) mass is 561 g/mol. The molecule has 0 bridgehead atoms. The summed E-state index contributed by atoms with van der Waals surface area (Å²) in [7, 11) is -0.0984. The van der Waals surface area contributed by atoms with Crippen LogP contribution in [0.2, 0.25) is 5.02 Å². The summed E-state index contributed by atoms with van der Waals surface area (Å²) in [6.45, 7) is 1.82. The Kier molecular flexibility index (Phi) is 9.80. The summed E-state index contributed by atoms with van der Waals surface area (Å²) in [5, 5.41) is 4.20. The summed E-state index contributed by atoms with van der Waals surface area (Å²) in [4.78, 5) is 12.7. The summed E-state index contributed by atoms with van der Waals surface area (Å²) in [6.07, 6.45) is 1.43. The van der Waals surface area contributed by atoms with Crippen molar-refractivity contribution < 1.29 is 32.2 Å². The van der Waals surface area contributed by atoms with E-state index < -0.39 is 22.5 Å². The van der Waals surface area contributed by atoms with Crippen LogP contribution in [-0.2, 0) is 14.8 Å². The maximum Gasteiger partial charge on any atom is 0.265 e. The van der Waals surface area contributed by atoms with Crippen molar-refractivity contribution in [2.45, 2.75) is 11.8 Å². The molecule has 0 saturated heterocycles. The molecule has 38 heavy (non-hydrogen) atoms. The van der Waals surface area contributed by atoms with Crippen molar-refractivity contribution in [1.29, 1.82) is 0 Å². The third-order valence-corrected chi connectivity index (χ3v) is 7.22. The number of carbonyl (C=O) groups is 1. The van der Waals surface area contributed by atoms with E-state index in [-0.39, 0.29) is 27.1 Å². The van der Waals surface area contributed by atoms with Gasteiger partial charge < -0.3 is 18.9 Å². The third-order valence-electron chi connectivity index (χ3n) is 5.23. The van der Waals surface area contributed by atoms with Crippen LogP contribution in [0.25, 0.3) is 0 Å². The van der Waals surface area contributed by atoms with E-state index >= 15 is 0 Å². The van der Waals surface area contributed by atoms with Crippen molar-refractivity contribution in [3.8, 4) is 23.0 Å². The topological polar surface area (TPSA) is 116 Å². The molecule has 0 aliphatic heterocycles. The number of benzene rings is 3. The molecule has 0 aliphatic carbocycles. The average Bonchev–Trinajstić information content (AvgIpc) is 2.92. The zero-order valence-corrected chi connectivity index (χ0v) is 22.9. The van der Waals surface area contributed by atoms with Crippen molar-refractivity contribution >= 4 is 39.4 Å². The molecular weight excluding hydrogens is 534 g/mol. The first-order chi connectivity index (χ1) is 18.2. The van der Waals surface area contributed by atoms with Crippen LogP contribution in [0.5, 0.6) is 23.0 Å². The standard InChI is InChI=1S/C26H28ClN3O7S/c1-5-37-20-9-6-18(7-10-20)16-28-29-26(31)17-30(22-14-19(27)8-12-23(22)34-2)38(32,33)21-11-13-24(35-3)25(15-21)36-4/h6-16H,5,17H2,1-4H3,(H,29,31)/b28-16+. The molecule has 3 aromatic carbocycles. The van der Waals surface area contributed by atoms with Gasteiger partial charge in [0.1, 0.15) is 18.0 Å². The molecule has 0 fully saturated rings. The van der Waals surface area contributed by atoms with Gasteiger partial charge in [-0.25, -0.2) is 13.8 Å². The summed E-state index contributed by atoms with van der Waals surface area (Å²) in [5.41, 5.74) is 3.14. The molecule has 0 radical (unpaired) electrons. The van der Waals surface area contributed by atoms with Gasteiger partial charge in [0.2, 0.25) is 0 Å². The van der Waals surface area contributed by atoms with E-state index in [0.717, 1.165) is 4.31 Å². The largest absolute Gasteiger partial charge is 0.495 e. The molecule has 1 N–H and O–H groups in total. The highest BCUT2D eigenvalue weighted by molar-refractivity contribution is 7.92. The van der Waals surface area contributed by atoms with E-state index in [1.807, 2.05) is 6.92 Å². The van der Waals surface area contributed by atoms with Gasteiger partial charge in [0.25, 0.3) is 15.9 Å². The molecule has 0 aliphatic rings. The molecule has 3 rings (SSSR count). The first-order valence-corrected chi connectivity index (χ1v) is 13.2. The van der Waals surface area contributed by atoms with Crippen LogP contribution >= 0.6 is 11.6 Å². The molecule has 0 saturated carbocycles. The van der Waals surface area contributed by atoms with Crippen molar-refractivity contribution in [1.82, 2.24) is 5.43 Å². The molecule has 0 spiro atoms. The van der Waals surface area contributed by atoms with Crippen LogP contribution in [0.15, 0.2) is 70.7 Å². The summed E-state index contributed by atoms with van der Waals surface area (Å²) >= 11 is 6.17. The maximum atomic E-state index is 13.8. The highest BCUT2D eigenvalue weighted by Gasteiger charge is 2.30. The minimum absolute atomic E-state index is 0.0698. The molecule has 0 unspecified atom stereocenters. The van der Waals surface area contributed by atoms with Crippen molar-refractivity contribution in [3.63, 3.8) is 0 Å². The van der Waals surface area contributed by atoms with E-state index in [9.17, 15) is 13.2 Å². The minimum Gasteiger partial charge on any atom is -0.495 e. The van der Waals surface area contributed by atoms with Gasteiger partial charge in [-0.15, -0.1) is 0 Å². The lowest BCUT2D eigenvalue weighted by atomic mass is 10.2. The first-order valence-electron chi connectivity index (χ1n) is 11.4. The van der Waals surface area contributed by atoms with E-state index in [2.05, 4.69) is 10.5 Å².